The Morgan fingerprint density at radius 3 is 1.69 bits per heavy atom. The van der Waals surface area contributed by atoms with Crippen molar-refractivity contribution in [1.82, 2.24) is 0 Å². The normalized spacial score (nSPS) is 18.0. The van der Waals surface area contributed by atoms with E-state index >= 15 is 0 Å². The number of carbonyl (C=O) groups excluding carboxylic acids is 2. The highest BCUT2D eigenvalue weighted by atomic mass is 31.2. The molecule has 3 unspecified atom stereocenters. The quantitative estimate of drug-likeness (QED) is 0.0178. The van der Waals surface area contributed by atoms with Crippen molar-refractivity contribution in [3.8, 4) is 0 Å². The van der Waals surface area contributed by atoms with E-state index in [0.717, 1.165) is 70.6 Å². The van der Waals surface area contributed by atoms with E-state index in [4.69, 9.17) is 23.8 Å². The van der Waals surface area contributed by atoms with Gasteiger partial charge in [-0.05, 0) is 89.9 Å². The Morgan fingerprint density at radius 1 is 0.621 bits per heavy atom. The fraction of sp³-hybridized carbons (Fsp3) is 0.696. The Bertz CT molecular complexity index is 1260. The zero-order chi connectivity index (χ0) is 42.4. The zero-order valence-electron chi connectivity index (χ0n) is 35.7. The van der Waals surface area contributed by atoms with E-state index in [9.17, 15) is 24.2 Å². The van der Waals surface area contributed by atoms with E-state index < -0.39 is 51.8 Å². The molecule has 3 N–H and O–H groups in total. The number of phosphoric acid groups is 1. The molecule has 0 bridgehead atoms. The van der Waals surface area contributed by atoms with E-state index in [-0.39, 0.29) is 31.7 Å². The predicted octanol–water partition coefficient (Wildman–Crippen LogP) is 10.7. The molecular weight excluding hydrogens is 759 g/mol. The van der Waals surface area contributed by atoms with Crippen molar-refractivity contribution in [3.63, 3.8) is 0 Å². The maximum absolute atomic E-state index is 12.7. The average molecular weight is 837 g/mol. The molecule has 0 aliphatic carbocycles. The van der Waals surface area contributed by atoms with E-state index in [1.807, 2.05) is 0 Å². The molecule has 1 aliphatic rings. The van der Waals surface area contributed by atoms with Gasteiger partial charge in [0.25, 0.3) is 0 Å². The first kappa shape index (κ1) is 53.4. The molecule has 0 amide bonds. The van der Waals surface area contributed by atoms with Gasteiger partial charge in [-0.15, -0.1) is 0 Å². The Balaban J connectivity index is 2.33. The maximum atomic E-state index is 12.7. The average Bonchev–Trinajstić information content (AvgIpc) is 3.97. The number of allylic oxidation sites excluding steroid dienone is 11. The van der Waals surface area contributed by atoms with Crippen molar-refractivity contribution in [3.05, 3.63) is 72.9 Å². The first-order valence-electron chi connectivity index (χ1n) is 22.0. The molecule has 5 atom stereocenters. The minimum atomic E-state index is -4.65. The van der Waals surface area contributed by atoms with Crippen molar-refractivity contribution in [2.75, 3.05) is 26.4 Å². The number of unbranched alkanes of at least 4 members (excludes halogenated alkanes) is 10. The molecule has 0 radical (unpaired) electrons. The van der Waals surface area contributed by atoms with Crippen LogP contribution < -0.4 is 0 Å². The Labute approximate surface area is 350 Å². The van der Waals surface area contributed by atoms with Crippen LogP contribution in [-0.2, 0) is 37.4 Å². The number of aliphatic hydroxyl groups is 2. The van der Waals surface area contributed by atoms with Gasteiger partial charge in [0.05, 0.1) is 32.0 Å². The highest BCUT2D eigenvalue weighted by Crippen LogP contribution is 2.43. The smallest absolute Gasteiger partial charge is 0.462 e. The molecule has 332 valence electrons. The minimum Gasteiger partial charge on any atom is -0.462 e. The molecule has 12 heteroatoms. The number of hydrogen-bond donors (Lipinski definition) is 3. The second-order valence-corrected chi connectivity index (χ2v) is 16.2. The monoisotopic (exact) mass is 837 g/mol. The molecule has 0 aromatic carbocycles. The Morgan fingerprint density at radius 2 is 1.12 bits per heavy atom. The number of esters is 2. The number of rotatable bonds is 39. The molecule has 0 saturated carbocycles. The highest BCUT2D eigenvalue weighted by Gasteiger charge is 2.37. The lowest BCUT2D eigenvalue weighted by Gasteiger charge is -2.20. The third kappa shape index (κ3) is 34.3. The summed E-state index contributed by atoms with van der Waals surface area (Å²) in [5.74, 6) is -1.03. The van der Waals surface area contributed by atoms with Crippen molar-refractivity contribution < 1.29 is 52.5 Å². The van der Waals surface area contributed by atoms with Crippen LogP contribution in [0, 0.1) is 0 Å². The topological polar surface area (TPSA) is 161 Å². The summed E-state index contributed by atoms with van der Waals surface area (Å²) in [5, 5.41) is 18.4. The molecule has 0 aromatic heterocycles. The van der Waals surface area contributed by atoms with Gasteiger partial charge in [-0.2, -0.15) is 0 Å². The summed E-state index contributed by atoms with van der Waals surface area (Å²) >= 11 is 0. The molecule has 0 spiro atoms. The van der Waals surface area contributed by atoms with E-state index in [1.165, 1.54) is 38.5 Å². The van der Waals surface area contributed by atoms with Crippen LogP contribution in [0.5, 0.6) is 0 Å². The number of phosphoric ester groups is 1. The van der Waals surface area contributed by atoms with Crippen molar-refractivity contribution in [2.45, 2.75) is 180 Å². The lowest BCUT2D eigenvalue weighted by Crippen LogP contribution is -2.30. The van der Waals surface area contributed by atoms with Crippen LogP contribution >= 0.6 is 7.82 Å². The van der Waals surface area contributed by atoms with Gasteiger partial charge in [0.2, 0.25) is 0 Å². The summed E-state index contributed by atoms with van der Waals surface area (Å²) in [6.07, 6.45) is 44.5. The van der Waals surface area contributed by atoms with Gasteiger partial charge < -0.3 is 29.3 Å². The fourth-order valence-electron chi connectivity index (χ4n) is 5.73. The van der Waals surface area contributed by atoms with Gasteiger partial charge in [-0.3, -0.25) is 18.6 Å². The molecule has 1 aliphatic heterocycles. The third-order valence-electron chi connectivity index (χ3n) is 9.26. The first-order chi connectivity index (χ1) is 28.2. The fourth-order valence-corrected chi connectivity index (χ4v) is 6.52. The summed E-state index contributed by atoms with van der Waals surface area (Å²) in [4.78, 5) is 35.1. The lowest BCUT2D eigenvalue weighted by molar-refractivity contribution is -0.161. The van der Waals surface area contributed by atoms with Gasteiger partial charge in [0.1, 0.15) is 12.7 Å². The number of aliphatic hydroxyl groups excluding tert-OH is 2. The second-order valence-electron chi connectivity index (χ2n) is 14.7. The summed E-state index contributed by atoms with van der Waals surface area (Å²) in [6.45, 7) is 2.19. The first-order valence-corrected chi connectivity index (χ1v) is 23.5. The highest BCUT2D eigenvalue weighted by molar-refractivity contribution is 7.47. The summed E-state index contributed by atoms with van der Waals surface area (Å²) in [6, 6.07) is 0. The van der Waals surface area contributed by atoms with Crippen LogP contribution in [0.4, 0.5) is 0 Å². The molecule has 1 saturated heterocycles. The second kappa shape index (κ2) is 37.4. The lowest BCUT2D eigenvalue weighted by atomic mass is 10.1. The van der Waals surface area contributed by atoms with Crippen LogP contribution in [0.2, 0.25) is 0 Å². The van der Waals surface area contributed by atoms with Crippen molar-refractivity contribution >= 4 is 19.8 Å². The van der Waals surface area contributed by atoms with Crippen molar-refractivity contribution in [2.24, 2.45) is 0 Å². The standard InChI is InChI=1S/C46H77O11P/c1-3-5-7-9-11-13-15-17-18-19-20-21-23-25-27-29-31-35-45(49)53-39-42(40-55-58(51,52)54-38-41(48)37-47)56-46(50)36-32-34-44-43(57-44)33-30-28-26-24-22-16-14-12-10-8-6-4-2/h11-14,17-18,20-22,24,28,30,41-44,47-48H,3-10,15-16,19,23,25-27,29,31-40H2,1-2H3,(H,51,52)/b13-11-,14-12-,18-17-,21-20-,24-22-,30-28-/t41-,42+,43?,44?/m0/s1. The molecule has 58 heavy (non-hydrogen) atoms. The number of carbonyl (C=O) groups is 2. The van der Waals surface area contributed by atoms with Crippen LogP contribution in [-0.4, -0.2) is 77.9 Å². The molecule has 0 aromatic rings. The van der Waals surface area contributed by atoms with Crippen molar-refractivity contribution in [1.29, 1.82) is 0 Å². The molecule has 1 fully saturated rings. The summed E-state index contributed by atoms with van der Waals surface area (Å²) in [7, 11) is -4.65. The zero-order valence-corrected chi connectivity index (χ0v) is 36.6. The van der Waals surface area contributed by atoms with E-state index in [0.29, 0.717) is 19.3 Å². The van der Waals surface area contributed by atoms with Crippen LogP contribution in [0.15, 0.2) is 72.9 Å². The van der Waals surface area contributed by atoms with Gasteiger partial charge in [0.15, 0.2) is 6.10 Å². The van der Waals surface area contributed by atoms with Crippen LogP contribution in [0.1, 0.15) is 155 Å². The Hall–Kier alpha value is -2.63. The van der Waals surface area contributed by atoms with Gasteiger partial charge in [-0.1, -0.05) is 125 Å². The van der Waals surface area contributed by atoms with Crippen LogP contribution in [0.3, 0.4) is 0 Å². The van der Waals surface area contributed by atoms with Gasteiger partial charge in [0, 0.05) is 12.8 Å². The number of hydrogen-bond acceptors (Lipinski definition) is 10. The SMILES string of the molecule is CCCCC/C=C\C/C=C\C/C=C\CCCCCCC(=O)OC[C@H](COP(=O)(O)OC[C@@H](O)CO)OC(=O)CCCC1OC1C/C=C\C/C=C\C/C=C\CCCCC. The largest absolute Gasteiger partial charge is 0.472 e. The number of epoxide rings is 1. The molecule has 1 rings (SSSR count). The van der Waals surface area contributed by atoms with E-state index in [1.54, 1.807) is 0 Å². The molecule has 1 heterocycles. The predicted molar refractivity (Wildman–Crippen MR) is 232 cm³/mol. The number of ether oxygens (including phenoxy) is 3. The Kier molecular flexibility index (Phi) is 34.4. The van der Waals surface area contributed by atoms with Crippen LogP contribution in [0.25, 0.3) is 0 Å². The van der Waals surface area contributed by atoms with Gasteiger partial charge in [-0.25, -0.2) is 4.57 Å². The molecular formula is C46H77O11P. The molecule has 11 nitrogen and oxygen atoms in total. The van der Waals surface area contributed by atoms with Gasteiger partial charge >= 0.3 is 19.8 Å². The summed E-state index contributed by atoms with van der Waals surface area (Å²) in [5.41, 5.74) is 0. The minimum absolute atomic E-state index is 0.0823. The van der Waals surface area contributed by atoms with E-state index in [2.05, 4.69) is 91.3 Å². The maximum Gasteiger partial charge on any atom is 0.472 e. The third-order valence-corrected chi connectivity index (χ3v) is 10.2. The summed E-state index contributed by atoms with van der Waals surface area (Å²) < 4.78 is 38.5.